The molecule has 14 heavy (non-hydrogen) atoms. The molecule has 0 bridgehead atoms. The number of halogens is 2. The molecule has 0 unspecified atom stereocenters. The van der Waals surface area contributed by atoms with Crippen LogP contribution in [0.1, 0.15) is 17.3 Å². The molecule has 1 N–H and O–H groups in total. The van der Waals surface area contributed by atoms with Crippen LogP contribution in [0.2, 0.25) is 0 Å². The lowest BCUT2D eigenvalue weighted by atomic mass is 10.2. The van der Waals surface area contributed by atoms with E-state index in [1.54, 1.807) is 0 Å². The van der Waals surface area contributed by atoms with Crippen LogP contribution in [0, 0.1) is 11.6 Å². The SMILES string of the molecule is CCOC(=O)c1c(F)ccc(O)c1F. The molecule has 0 spiro atoms. The van der Waals surface area contributed by atoms with Gasteiger partial charge in [0.1, 0.15) is 11.4 Å². The zero-order chi connectivity index (χ0) is 10.7. The average Bonchev–Trinajstić information content (AvgIpc) is 2.13. The molecule has 0 aliphatic carbocycles. The standard InChI is InChI=1S/C9H8F2O3/c1-2-14-9(13)7-5(10)3-4-6(12)8(7)11/h3-4,12H,2H2,1H3. The normalized spacial score (nSPS) is 9.93. The highest BCUT2D eigenvalue weighted by atomic mass is 19.1. The lowest BCUT2D eigenvalue weighted by Crippen LogP contribution is -2.09. The van der Waals surface area contributed by atoms with E-state index in [0.29, 0.717) is 0 Å². The monoisotopic (exact) mass is 202 g/mol. The van der Waals surface area contributed by atoms with Crippen molar-refractivity contribution >= 4 is 5.97 Å². The number of esters is 1. The number of hydrogen-bond donors (Lipinski definition) is 1. The van der Waals surface area contributed by atoms with Gasteiger partial charge in [0.25, 0.3) is 0 Å². The minimum Gasteiger partial charge on any atom is -0.505 e. The van der Waals surface area contributed by atoms with Gasteiger partial charge in [-0.1, -0.05) is 0 Å². The van der Waals surface area contributed by atoms with Gasteiger partial charge in [0.05, 0.1) is 6.61 Å². The molecular weight excluding hydrogens is 194 g/mol. The summed E-state index contributed by atoms with van der Waals surface area (Å²) >= 11 is 0. The van der Waals surface area contributed by atoms with Crippen LogP contribution in [0.5, 0.6) is 5.75 Å². The second-order valence-corrected chi connectivity index (χ2v) is 2.48. The van der Waals surface area contributed by atoms with Crippen LogP contribution in [-0.2, 0) is 4.74 Å². The Bertz CT molecular complexity index is 363. The van der Waals surface area contributed by atoms with E-state index in [9.17, 15) is 13.6 Å². The van der Waals surface area contributed by atoms with Crippen molar-refractivity contribution in [2.24, 2.45) is 0 Å². The predicted molar refractivity (Wildman–Crippen MR) is 44.0 cm³/mol. The lowest BCUT2D eigenvalue weighted by molar-refractivity contribution is 0.0514. The van der Waals surface area contributed by atoms with Gasteiger partial charge >= 0.3 is 5.97 Å². The zero-order valence-corrected chi connectivity index (χ0v) is 7.38. The first-order chi connectivity index (χ1) is 6.57. The molecule has 0 aliphatic heterocycles. The van der Waals surface area contributed by atoms with Crippen molar-refractivity contribution in [3.63, 3.8) is 0 Å². The molecule has 76 valence electrons. The van der Waals surface area contributed by atoms with Crippen LogP contribution in [0.15, 0.2) is 12.1 Å². The minimum absolute atomic E-state index is 0.00731. The molecule has 0 saturated carbocycles. The van der Waals surface area contributed by atoms with Gasteiger partial charge in [-0.3, -0.25) is 0 Å². The van der Waals surface area contributed by atoms with Crippen molar-refractivity contribution in [2.75, 3.05) is 6.61 Å². The van der Waals surface area contributed by atoms with Gasteiger partial charge in [0.2, 0.25) is 0 Å². The number of ether oxygens (including phenoxy) is 1. The summed E-state index contributed by atoms with van der Waals surface area (Å²) in [5.41, 5.74) is -0.869. The molecule has 0 radical (unpaired) electrons. The van der Waals surface area contributed by atoms with Crippen LogP contribution < -0.4 is 0 Å². The number of carbonyl (C=O) groups excluding carboxylic acids is 1. The second-order valence-electron chi connectivity index (χ2n) is 2.48. The van der Waals surface area contributed by atoms with Crippen molar-refractivity contribution in [1.29, 1.82) is 0 Å². The summed E-state index contributed by atoms with van der Waals surface area (Å²) in [5.74, 6) is -4.27. The molecule has 0 heterocycles. The van der Waals surface area contributed by atoms with E-state index in [1.807, 2.05) is 0 Å². The van der Waals surface area contributed by atoms with Crippen LogP contribution in [-0.4, -0.2) is 17.7 Å². The topological polar surface area (TPSA) is 46.5 Å². The number of rotatable bonds is 2. The largest absolute Gasteiger partial charge is 0.505 e. The van der Waals surface area contributed by atoms with Crippen molar-refractivity contribution in [2.45, 2.75) is 6.92 Å². The molecule has 0 amide bonds. The third kappa shape index (κ3) is 1.81. The van der Waals surface area contributed by atoms with E-state index in [4.69, 9.17) is 5.11 Å². The Morgan fingerprint density at radius 1 is 1.50 bits per heavy atom. The highest BCUT2D eigenvalue weighted by molar-refractivity contribution is 5.90. The number of aromatic hydroxyl groups is 1. The Hall–Kier alpha value is -1.65. The summed E-state index contributed by atoms with van der Waals surface area (Å²) in [5, 5.41) is 8.89. The van der Waals surface area contributed by atoms with Crippen LogP contribution in [0.25, 0.3) is 0 Å². The van der Waals surface area contributed by atoms with Crippen LogP contribution >= 0.6 is 0 Å². The molecule has 0 saturated heterocycles. The maximum absolute atomic E-state index is 13.0. The second kappa shape index (κ2) is 4.04. The summed E-state index contributed by atoms with van der Waals surface area (Å²) in [6.45, 7) is 1.52. The average molecular weight is 202 g/mol. The molecule has 0 fully saturated rings. The highest BCUT2D eigenvalue weighted by Gasteiger charge is 2.21. The number of phenols is 1. The third-order valence-electron chi connectivity index (χ3n) is 1.55. The van der Waals surface area contributed by atoms with E-state index >= 15 is 0 Å². The van der Waals surface area contributed by atoms with Gasteiger partial charge < -0.3 is 9.84 Å². The molecular formula is C9H8F2O3. The number of hydrogen-bond acceptors (Lipinski definition) is 3. The maximum atomic E-state index is 13.0. The minimum atomic E-state index is -1.30. The van der Waals surface area contributed by atoms with Crippen molar-refractivity contribution in [1.82, 2.24) is 0 Å². The number of carbonyl (C=O) groups is 1. The Morgan fingerprint density at radius 3 is 2.71 bits per heavy atom. The van der Waals surface area contributed by atoms with Crippen LogP contribution in [0.4, 0.5) is 8.78 Å². The summed E-state index contributed by atoms with van der Waals surface area (Å²) < 4.78 is 30.4. The summed E-state index contributed by atoms with van der Waals surface area (Å²) in [4.78, 5) is 11.0. The first-order valence-electron chi connectivity index (χ1n) is 3.92. The van der Waals surface area contributed by atoms with E-state index in [1.165, 1.54) is 6.92 Å². The third-order valence-corrected chi connectivity index (χ3v) is 1.55. The quantitative estimate of drug-likeness (QED) is 0.744. The fourth-order valence-electron chi connectivity index (χ4n) is 0.932. The molecule has 3 nitrogen and oxygen atoms in total. The Balaban J connectivity index is 3.18. The lowest BCUT2D eigenvalue weighted by Gasteiger charge is -2.05. The van der Waals surface area contributed by atoms with Gasteiger partial charge in [-0.25, -0.2) is 13.6 Å². The molecule has 0 aliphatic rings. The van der Waals surface area contributed by atoms with Gasteiger partial charge in [-0.05, 0) is 19.1 Å². The van der Waals surface area contributed by atoms with Crippen molar-refractivity contribution in [3.8, 4) is 5.75 Å². The molecule has 5 heteroatoms. The Labute approximate surface area is 78.9 Å². The van der Waals surface area contributed by atoms with Gasteiger partial charge in [-0.15, -0.1) is 0 Å². The molecule has 1 rings (SSSR count). The van der Waals surface area contributed by atoms with E-state index in [-0.39, 0.29) is 6.61 Å². The van der Waals surface area contributed by atoms with E-state index in [2.05, 4.69) is 4.74 Å². The summed E-state index contributed by atoms with van der Waals surface area (Å²) in [6, 6.07) is 1.62. The fourth-order valence-corrected chi connectivity index (χ4v) is 0.932. The number of phenolic OH excluding ortho intramolecular Hbond substituents is 1. The zero-order valence-electron chi connectivity index (χ0n) is 7.38. The molecule has 0 atom stereocenters. The van der Waals surface area contributed by atoms with E-state index < -0.39 is 28.9 Å². The Morgan fingerprint density at radius 2 is 2.14 bits per heavy atom. The highest BCUT2D eigenvalue weighted by Crippen LogP contribution is 2.22. The predicted octanol–water partition coefficient (Wildman–Crippen LogP) is 1.85. The van der Waals surface area contributed by atoms with Gasteiger partial charge in [-0.2, -0.15) is 0 Å². The van der Waals surface area contributed by atoms with Crippen molar-refractivity contribution < 1.29 is 23.4 Å². The molecule has 1 aromatic carbocycles. The Kier molecular flexibility index (Phi) is 3.01. The van der Waals surface area contributed by atoms with Crippen LogP contribution in [0.3, 0.4) is 0 Å². The first kappa shape index (κ1) is 10.4. The molecule has 1 aromatic rings. The number of benzene rings is 1. The molecule has 0 aromatic heterocycles. The van der Waals surface area contributed by atoms with Crippen molar-refractivity contribution in [3.05, 3.63) is 29.3 Å². The summed E-state index contributed by atoms with van der Waals surface area (Å²) in [6.07, 6.45) is 0. The fraction of sp³-hybridized carbons (Fsp3) is 0.222. The van der Waals surface area contributed by atoms with E-state index in [0.717, 1.165) is 12.1 Å². The van der Waals surface area contributed by atoms with Gasteiger partial charge in [0.15, 0.2) is 11.6 Å². The maximum Gasteiger partial charge on any atom is 0.344 e. The van der Waals surface area contributed by atoms with Gasteiger partial charge in [0, 0.05) is 0 Å². The summed E-state index contributed by atoms with van der Waals surface area (Å²) in [7, 11) is 0. The smallest absolute Gasteiger partial charge is 0.344 e. The first-order valence-corrected chi connectivity index (χ1v) is 3.92.